The van der Waals surface area contributed by atoms with Crippen LogP contribution < -0.4 is 0 Å². The fourth-order valence-corrected chi connectivity index (χ4v) is 2.15. The van der Waals surface area contributed by atoms with Gasteiger partial charge in [-0.1, -0.05) is 51.8 Å². The Bertz CT molecular complexity index is 352. The van der Waals surface area contributed by atoms with Crippen molar-refractivity contribution in [2.75, 3.05) is 0 Å². The van der Waals surface area contributed by atoms with Crippen molar-refractivity contribution in [3.8, 4) is 0 Å². The third kappa shape index (κ3) is 1.82. The molecule has 1 aromatic rings. The molecular weight excluding hydrogens is 190 g/mol. The van der Waals surface area contributed by atoms with Crippen LogP contribution in [0.4, 0.5) is 0 Å². The van der Waals surface area contributed by atoms with E-state index in [1.54, 1.807) is 0 Å². The van der Waals surface area contributed by atoms with Crippen LogP contribution in [0.25, 0.3) is 0 Å². The largest absolute Gasteiger partial charge is 0.244 e. The SMILES string of the molecule is CC(C)(C)c1ccc2c(c1)CN(S)C2. The molecule has 0 atom stereocenters. The zero-order chi connectivity index (χ0) is 10.3. The van der Waals surface area contributed by atoms with Gasteiger partial charge in [-0.2, -0.15) is 0 Å². The number of benzene rings is 1. The van der Waals surface area contributed by atoms with E-state index in [-0.39, 0.29) is 5.41 Å². The minimum atomic E-state index is 0.249. The molecular formula is C12H17NS. The third-order valence-electron chi connectivity index (χ3n) is 2.78. The zero-order valence-corrected chi connectivity index (χ0v) is 9.94. The van der Waals surface area contributed by atoms with E-state index in [4.69, 9.17) is 0 Å². The lowest BCUT2D eigenvalue weighted by atomic mass is 9.85. The lowest BCUT2D eigenvalue weighted by molar-refractivity contribution is 0.516. The Balaban J connectivity index is 2.38. The molecule has 0 aromatic heterocycles. The molecule has 2 heteroatoms. The van der Waals surface area contributed by atoms with Gasteiger partial charge in [-0.05, 0) is 22.1 Å². The minimum Gasteiger partial charge on any atom is -0.244 e. The predicted molar refractivity (Wildman–Crippen MR) is 63.4 cm³/mol. The summed E-state index contributed by atoms with van der Waals surface area (Å²) in [7, 11) is 0. The summed E-state index contributed by atoms with van der Waals surface area (Å²) in [5, 5.41) is 0. The average molecular weight is 207 g/mol. The van der Waals surface area contributed by atoms with E-state index in [0.717, 1.165) is 13.1 Å². The van der Waals surface area contributed by atoms with E-state index in [1.165, 1.54) is 16.7 Å². The van der Waals surface area contributed by atoms with E-state index in [0.29, 0.717) is 0 Å². The van der Waals surface area contributed by atoms with Gasteiger partial charge in [0.2, 0.25) is 0 Å². The van der Waals surface area contributed by atoms with E-state index in [9.17, 15) is 0 Å². The second-order valence-corrected chi connectivity index (χ2v) is 5.62. The zero-order valence-electron chi connectivity index (χ0n) is 9.04. The molecule has 14 heavy (non-hydrogen) atoms. The predicted octanol–water partition coefficient (Wildman–Crippen LogP) is 3.14. The molecule has 0 aliphatic carbocycles. The number of thiol groups is 1. The van der Waals surface area contributed by atoms with Gasteiger partial charge in [0, 0.05) is 13.1 Å². The molecule has 1 aliphatic heterocycles. The summed E-state index contributed by atoms with van der Waals surface area (Å²) in [4.78, 5) is 0. The Morgan fingerprint density at radius 3 is 2.43 bits per heavy atom. The van der Waals surface area contributed by atoms with Gasteiger partial charge >= 0.3 is 0 Å². The molecule has 0 saturated carbocycles. The Morgan fingerprint density at radius 1 is 1.14 bits per heavy atom. The maximum atomic E-state index is 4.38. The third-order valence-corrected chi connectivity index (χ3v) is 3.06. The molecule has 0 bridgehead atoms. The fourth-order valence-electron chi connectivity index (χ4n) is 1.84. The average Bonchev–Trinajstić information content (AvgIpc) is 2.41. The van der Waals surface area contributed by atoms with Gasteiger partial charge in [0.05, 0.1) is 0 Å². The van der Waals surface area contributed by atoms with Crippen molar-refractivity contribution in [2.45, 2.75) is 39.3 Å². The minimum absolute atomic E-state index is 0.249. The summed E-state index contributed by atoms with van der Waals surface area (Å²) < 4.78 is 2.05. The molecule has 0 amide bonds. The van der Waals surface area contributed by atoms with E-state index in [2.05, 4.69) is 56.1 Å². The maximum absolute atomic E-state index is 4.38. The van der Waals surface area contributed by atoms with Gasteiger partial charge < -0.3 is 0 Å². The summed E-state index contributed by atoms with van der Waals surface area (Å²) in [5.41, 5.74) is 4.53. The van der Waals surface area contributed by atoms with Gasteiger partial charge in [0.15, 0.2) is 0 Å². The number of rotatable bonds is 0. The molecule has 76 valence electrons. The first kappa shape index (κ1) is 10.1. The van der Waals surface area contributed by atoms with Crippen LogP contribution in [0.2, 0.25) is 0 Å². The first-order chi connectivity index (χ1) is 6.47. The number of fused-ring (bicyclic) bond motifs is 1. The quantitative estimate of drug-likeness (QED) is 0.640. The fraction of sp³-hybridized carbons (Fsp3) is 0.500. The van der Waals surface area contributed by atoms with Crippen molar-refractivity contribution in [3.05, 3.63) is 34.9 Å². The van der Waals surface area contributed by atoms with Gasteiger partial charge in [-0.25, -0.2) is 4.31 Å². The topological polar surface area (TPSA) is 3.24 Å². The molecule has 0 fully saturated rings. The van der Waals surface area contributed by atoms with Crippen molar-refractivity contribution in [1.82, 2.24) is 4.31 Å². The summed E-state index contributed by atoms with van der Waals surface area (Å²) in [5.74, 6) is 0. The van der Waals surface area contributed by atoms with Crippen LogP contribution in [0, 0.1) is 0 Å². The van der Waals surface area contributed by atoms with Crippen LogP contribution in [-0.2, 0) is 18.5 Å². The summed E-state index contributed by atoms with van der Waals surface area (Å²) in [6.07, 6.45) is 0. The van der Waals surface area contributed by atoms with E-state index < -0.39 is 0 Å². The molecule has 0 saturated heterocycles. The van der Waals surface area contributed by atoms with Crippen LogP contribution in [0.5, 0.6) is 0 Å². The molecule has 1 aromatic carbocycles. The Labute approximate surface area is 91.7 Å². The van der Waals surface area contributed by atoms with Crippen molar-refractivity contribution in [1.29, 1.82) is 0 Å². The van der Waals surface area contributed by atoms with Crippen molar-refractivity contribution in [3.63, 3.8) is 0 Å². The number of nitrogens with zero attached hydrogens (tertiary/aromatic N) is 1. The highest BCUT2D eigenvalue weighted by atomic mass is 32.1. The first-order valence-corrected chi connectivity index (χ1v) is 5.43. The number of hydrogen-bond acceptors (Lipinski definition) is 2. The van der Waals surface area contributed by atoms with Gasteiger partial charge in [-0.15, -0.1) is 0 Å². The molecule has 2 rings (SSSR count). The van der Waals surface area contributed by atoms with E-state index in [1.807, 2.05) is 0 Å². The standard InChI is InChI=1S/C12H17NS/c1-12(2,3)11-5-4-9-7-13(14)8-10(9)6-11/h4-6,14H,7-8H2,1-3H3. The van der Waals surface area contributed by atoms with Crippen LogP contribution in [-0.4, -0.2) is 4.31 Å². The van der Waals surface area contributed by atoms with Crippen LogP contribution >= 0.6 is 12.8 Å². The number of hydrogen-bond donors (Lipinski definition) is 1. The highest BCUT2D eigenvalue weighted by molar-refractivity contribution is 7.77. The lowest BCUT2D eigenvalue weighted by Crippen LogP contribution is -2.11. The van der Waals surface area contributed by atoms with Gasteiger partial charge in [-0.3, -0.25) is 0 Å². The maximum Gasteiger partial charge on any atom is 0.0345 e. The summed E-state index contributed by atoms with van der Waals surface area (Å²) in [6, 6.07) is 6.81. The van der Waals surface area contributed by atoms with Crippen molar-refractivity contribution >= 4 is 12.8 Å². The van der Waals surface area contributed by atoms with Gasteiger partial charge in [0.1, 0.15) is 0 Å². The molecule has 1 heterocycles. The molecule has 0 spiro atoms. The van der Waals surface area contributed by atoms with Crippen LogP contribution in [0.3, 0.4) is 0 Å². The molecule has 1 aliphatic rings. The molecule has 1 nitrogen and oxygen atoms in total. The Kier molecular flexibility index (Phi) is 2.36. The molecule has 0 unspecified atom stereocenters. The Hall–Kier alpha value is -0.470. The molecule has 0 N–H and O–H groups in total. The summed E-state index contributed by atoms with van der Waals surface area (Å²) in [6.45, 7) is 8.71. The van der Waals surface area contributed by atoms with Crippen LogP contribution in [0.15, 0.2) is 18.2 Å². The monoisotopic (exact) mass is 207 g/mol. The summed E-state index contributed by atoms with van der Waals surface area (Å²) >= 11 is 4.38. The molecule has 0 radical (unpaired) electrons. The second kappa shape index (κ2) is 3.28. The van der Waals surface area contributed by atoms with Crippen LogP contribution in [0.1, 0.15) is 37.5 Å². The first-order valence-electron chi connectivity index (χ1n) is 5.03. The lowest BCUT2D eigenvalue weighted by Gasteiger charge is -2.19. The Morgan fingerprint density at radius 2 is 1.79 bits per heavy atom. The van der Waals surface area contributed by atoms with Gasteiger partial charge in [0.25, 0.3) is 0 Å². The highest BCUT2D eigenvalue weighted by Gasteiger charge is 2.20. The smallest absolute Gasteiger partial charge is 0.0345 e. The van der Waals surface area contributed by atoms with Crippen molar-refractivity contribution < 1.29 is 0 Å². The van der Waals surface area contributed by atoms with E-state index >= 15 is 0 Å². The highest BCUT2D eigenvalue weighted by Crippen LogP contribution is 2.29. The second-order valence-electron chi connectivity index (χ2n) is 5.06. The normalized spacial score (nSPS) is 17.1. The van der Waals surface area contributed by atoms with Crippen molar-refractivity contribution in [2.24, 2.45) is 0 Å².